The second-order valence-electron chi connectivity index (χ2n) is 4.06. The Balaban J connectivity index is 2.62. The lowest BCUT2D eigenvalue weighted by atomic mass is 10.0. The fraction of sp³-hybridized carbons (Fsp3) is 0.800. The molecule has 1 heterocycles. The second kappa shape index (κ2) is 4.45. The Morgan fingerprint density at radius 3 is 2.57 bits per heavy atom. The molecule has 0 aromatic carbocycles. The van der Waals surface area contributed by atoms with E-state index < -0.39 is 5.79 Å². The SMILES string of the molecule is CSCC(C1=COC(C)(C)O1)C(C)N. The van der Waals surface area contributed by atoms with E-state index in [1.165, 1.54) is 0 Å². The third-order valence-corrected chi connectivity index (χ3v) is 2.86. The third kappa shape index (κ3) is 2.82. The van der Waals surface area contributed by atoms with Crippen LogP contribution in [0.25, 0.3) is 0 Å². The van der Waals surface area contributed by atoms with E-state index in [1.54, 1.807) is 18.0 Å². The molecule has 2 atom stereocenters. The van der Waals surface area contributed by atoms with E-state index in [0.29, 0.717) is 0 Å². The van der Waals surface area contributed by atoms with E-state index in [-0.39, 0.29) is 12.0 Å². The van der Waals surface area contributed by atoms with Gasteiger partial charge in [0.15, 0.2) is 0 Å². The molecule has 0 spiro atoms. The van der Waals surface area contributed by atoms with Crippen LogP contribution in [0.4, 0.5) is 0 Å². The molecule has 0 saturated carbocycles. The van der Waals surface area contributed by atoms with Crippen LogP contribution < -0.4 is 5.73 Å². The van der Waals surface area contributed by atoms with Gasteiger partial charge >= 0.3 is 0 Å². The molecule has 0 aromatic rings. The summed E-state index contributed by atoms with van der Waals surface area (Å²) in [6.07, 6.45) is 3.77. The predicted molar refractivity (Wildman–Crippen MR) is 59.9 cm³/mol. The summed E-state index contributed by atoms with van der Waals surface area (Å²) in [5, 5.41) is 0. The highest BCUT2D eigenvalue weighted by Crippen LogP contribution is 2.31. The molecule has 1 aliphatic heterocycles. The Morgan fingerprint density at radius 2 is 2.21 bits per heavy atom. The number of hydrogen-bond acceptors (Lipinski definition) is 4. The minimum atomic E-state index is -0.527. The number of rotatable bonds is 4. The van der Waals surface area contributed by atoms with E-state index in [1.807, 2.05) is 20.8 Å². The van der Waals surface area contributed by atoms with Gasteiger partial charge in [0, 0.05) is 31.6 Å². The molecule has 0 aliphatic carbocycles. The van der Waals surface area contributed by atoms with Crippen molar-refractivity contribution in [3.05, 3.63) is 12.0 Å². The maximum absolute atomic E-state index is 5.90. The van der Waals surface area contributed by atoms with Crippen molar-refractivity contribution in [1.82, 2.24) is 0 Å². The van der Waals surface area contributed by atoms with Crippen LogP contribution in [0.5, 0.6) is 0 Å². The summed E-state index contributed by atoms with van der Waals surface area (Å²) >= 11 is 1.77. The first-order valence-corrected chi connectivity index (χ1v) is 6.17. The minimum absolute atomic E-state index is 0.0891. The van der Waals surface area contributed by atoms with Gasteiger partial charge in [0.1, 0.15) is 12.0 Å². The normalized spacial score (nSPS) is 23.4. The summed E-state index contributed by atoms with van der Waals surface area (Å²) in [6.45, 7) is 5.79. The summed E-state index contributed by atoms with van der Waals surface area (Å²) in [7, 11) is 0. The van der Waals surface area contributed by atoms with Crippen LogP contribution in [0.1, 0.15) is 20.8 Å². The molecule has 0 bridgehead atoms. The molecule has 0 amide bonds. The van der Waals surface area contributed by atoms with E-state index in [2.05, 4.69) is 6.26 Å². The van der Waals surface area contributed by atoms with Gasteiger partial charge in [0.2, 0.25) is 5.79 Å². The van der Waals surface area contributed by atoms with Crippen molar-refractivity contribution in [2.24, 2.45) is 11.7 Å². The second-order valence-corrected chi connectivity index (χ2v) is 4.97. The zero-order chi connectivity index (χ0) is 10.8. The molecule has 2 N–H and O–H groups in total. The van der Waals surface area contributed by atoms with Gasteiger partial charge < -0.3 is 15.2 Å². The first-order chi connectivity index (χ1) is 6.46. The number of ether oxygens (including phenoxy) is 2. The summed E-state index contributed by atoms with van der Waals surface area (Å²) in [5.74, 6) is 1.55. The molecule has 82 valence electrons. The Kier molecular flexibility index (Phi) is 3.72. The highest BCUT2D eigenvalue weighted by Gasteiger charge is 2.33. The predicted octanol–water partition coefficient (Wildman–Crippen LogP) is 1.94. The Hall–Kier alpha value is -0.350. The monoisotopic (exact) mass is 217 g/mol. The van der Waals surface area contributed by atoms with Crippen LogP contribution in [-0.4, -0.2) is 23.8 Å². The number of thioether (sulfide) groups is 1. The van der Waals surface area contributed by atoms with Crippen molar-refractivity contribution in [3.63, 3.8) is 0 Å². The fourth-order valence-corrected chi connectivity index (χ4v) is 2.19. The van der Waals surface area contributed by atoms with Crippen LogP contribution in [0, 0.1) is 5.92 Å². The van der Waals surface area contributed by atoms with Crippen LogP contribution in [0.3, 0.4) is 0 Å². The topological polar surface area (TPSA) is 44.5 Å². The minimum Gasteiger partial charge on any atom is -0.457 e. The quantitative estimate of drug-likeness (QED) is 0.781. The van der Waals surface area contributed by atoms with Crippen molar-refractivity contribution in [1.29, 1.82) is 0 Å². The Bertz CT molecular complexity index is 226. The van der Waals surface area contributed by atoms with Gasteiger partial charge in [0.25, 0.3) is 0 Å². The average molecular weight is 217 g/mol. The van der Waals surface area contributed by atoms with E-state index in [4.69, 9.17) is 15.2 Å². The zero-order valence-corrected chi connectivity index (χ0v) is 10.1. The van der Waals surface area contributed by atoms with Gasteiger partial charge in [-0.1, -0.05) is 0 Å². The van der Waals surface area contributed by atoms with Crippen LogP contribution >= 0.6 is 11.8 Å². The largest absolute Gasteiger partial charge is 0.457 e. The van der Waals surface area contributed by atoms with Gasteiger partial charge in [-0.05, 0) is 13.2 Å². The number of nitrogens with two attached hydrogens (primary N) is 1. The number of hydrogen-bond donors (Lipinski definition) is 1. The molecule has 0 fully saturated rings. The van der Waals surface area contributed by atoms with Crippen LogP contribution in [0.15, 0.2) is 12.0 Å². The van der Waals surface area contributed by atoms with Crippen LogP contribution in [-0.2, 0) is 9.47 Å². The maximum atomic E-state index is 5.90. The zero-order valence-electron chi connectivity index (χ0n) is 9.24. The van der Waals surface area contributed by atoms with Crippen LogP contribution in [0.2, 0.25) is 0 Å². The summed E-state index contributed by atoms with van der Waals surface area (Å²) in [4.78, 5) is 0. The lowest BCUT2D eigenvalue weighted by Crippen LogP contribution is -2.32. The molecule has 14 heavy (non-hydrogen) atoms. The molecule has 0 aromatic heterocycles. The van der Waals surface area contributed by atoms with Crippen molar-refractivity contribution in [2.75, 3.05) is 12.0 Å². The van der Waals surface area contributed by atoms with Gasteiger partial charge in [-0.25, -0.2) is 0 Å². The highest BCUT2D eigenvalue weighted by molar-refractivity contribution is 7.98. The lowest BCUT2D eigenvalue weighted by Gasteiger charge is -2.23. The molecule has 0 radical (unpaired) electrons. The third-order valence-electron chi connectivity index (χ3n) is 2.17. The molecular formula is C10H19NO2S. The lowest BCUT2D eigenvalue weighted by molar-refractivity contribution is -0.120. The highest BCUT2D eigenvalue weighted by atomic mass is 32.2. The molecule has 0 saturated heterocycles. The summed E-state index contributed by atoms with van der Waals surface area (Å²) in [5.41, 5.74) is 5.90. The van der Waals surface area contributed by atoms with E-state index >= 15 is 0 Å². The molecule has 2 unspecified atom stereocenters. The maximum Gasteiger partial charge on any atom is 0.244 e. The van der Waals surface area contributed by atoms with E-state index in [9.17, 15) is 0 Å². The first-order valence-electron chi connectivity index (χ1n) is 4.77. The molecule has 4 heteroatoms. The summed E-state index contributed by atoms with van der Waals surface area (Å²) < 4.78 is 11.1. The molecular weight excluding hydrogens is 198 g/mol. The van der Waals surface area contributed by atoms with Crippen molar-refractivity contribution in [2.45, 2.75) is 32.6 Å². The fourth-order valence-electron chi connectivity index (χ4n) is 1.37. The Morgan fingerprint density at radius 1 is 1.57 bits per heavy atom. The van der Waals surface area contributed by atoms with Gasteiger partial charge in [-0.15, -0.1) is 0 Å². The average Bonchev–Trinajstić information content (AvgIpc) is 2.41. The molecule has 1 rings (SSSR count). The van der Waals surface area contributed by atoms with Crippen molar-refractivity contribution < 1.29 is 9.47 Å². The van der Waals surface area contributed by atoms with Crippen molar-refractivity contribution >= 4 is 11.8 Å². The molecule has 3 nitrogen and oxygen atoms in total. The Labute approximate surface area is 90.0 Å². The standard InChI is InChI=1S/C10H19NO2S/c1-7(11)8(6-14-4)9-5-12-10(2,3)13-9/h5,7-8H,6,11H2,1-4H3. The smallest absolute Gasteiger partial charge is 0.244 e. The first kappa shape index (κ1) is 11.7. The van der Waals surface area contributed by atoms with Gasteiger partial charge in [-0.2, -0.15) is 11.8 Å². The summed E-state index contributed by atoms with van der Waals surface area (Å²) in [6, 6.07) is 0.0891. The van der Waals surface area contributed by atoms with Gasteiger partial charge in [-0.3, -0.25) is 0 Å². The van der Waals surface area contributed by atoms with Gasteiger partial charge in [0.05, 0.1) is 0 Å². The van der Waals surface area contributed by atoms with Crippen molar-refractivity contribution in [3.8, 4) is 0 Å². The van der Waals surface area contributed by atoms with E-state index in [0.717, 1.165) is 11.5 Å². The molecule has 1 aliphatic rings.